The van der Waals surface area contributed by atoms with Gasteiger partial charge in [0.25, 0.3) is 5.91 Å². The first kappa shape index (κ1) is 14.6. The van der Waals surface area contributed by atoms with Crippen LogP contribution in [0.25, 0.3) is 0 Å². The Morgan fingerprint density at radius 3 is 2.65 bits per heavy atom. The Hall–Kier alpha value is -1.84. The molecule has 2 aromatic heterocycles. The summed E-state index contributed by atoms with van der Waals surface area (Å²) in [4.78, 5) is 12.6. The predicted octanol–water partition coefficient (Wildman–Crippen LogP) is 0.677. The van der Waals surface area contributed by atoms with Gasteiger partial charge in [0.1, 0.15) is 4.21 Å². The Bertz CT molecular complexity index is 712. The molecule has 0 saturated heterocycles. The molecule has 0 radical (unpaired) electrons. The Morgan fingerprint density at radius 1 is 1.35 bits per heavy atom. The van der Waals surface area contributed by atoms with Gasteiger partial charge in [-0.2, -0.15) is 10.2 Å². The van der Waals surface area contributed by atoms with Gasteiger partial charge in [0.05, 0.1) is 24.0 Å². The van der Waals surface area contributed by atoms with Crippen LogP contribution >= 0.6 is 11.3 Å². The summed E-state index contributed by atoms with van der Waals surface area (Å²) < 4.78 is 22.5. The fraction of sp³-hybridized carbons (Fsp3) is 0.182. The SMILES string of the molecule is CC(NC(=O)c1ccnnc1)c1ccc(S(N)(=O)=O)s1. The highest BCUT2D eigenvalue weighted by Crippen LogP contribution is 2.25. The van der Waals surface area contributed by atoms with E-state index in [-0.39, 0.29) is 16.2 Å². The van der Waals surface area contributed by atoms with E-state index in [0.29, 0.717) is 10.4 Å². The van der Waals surface area contributed by atoms with Crippen LogP contribution in [-0.2, 0) is 10.0 Å². The molecular formula is C11H12N4O3S2. The van der Waals surface area contributed by atoms with Crippen LogP contribution in [0.1, 0.15) is 28.2 Å². The lowest BCUT2D eigenvalue weighted by Crippen LogP contribution is -2.26. The molecule has 0 saturated carbocycles. The number of carbonyl (C=O) groups is 1. The molecule has 0 aliphatic rings. The summed E-state index contributed by atoms with van der Waals surface area (Å²) in [5.41, 5.74) is 0.384. The van der Waals surface area contributed by atoms with Gasteiger partial charge in [0.15, 0.2) is 0 Å². The number of nitrogens with zero attached hydrogens (tertiary/aromatic N) is 2. The van der Waals surface area contributed by atoms with Crippen molar-refractivity contribution < 1.29 is 13.2 Å². The highest BCUT2D eigenvalue weighted by atomic mass is 32.2. The van der Waals surface area contributed by atoms with E-state index in [0.717, 1.165) is 11.3 Å². The van der Waals surface area contributed by atoms with Crippen molar-refractivity contribution in [3.05, 3.63) is 41.0 Å². The minimum absolute atomic E-state index is 0.0687. The first-order valence-electron chi connectivity index (χ1n) is 5.58. The van der Waals surface area contributed by atoms with E-state index < -0.39 is 10.0 Å². The number of primary sulfonamides is 1. The molecule has 9 heteroatoms. The van der Waals surface area contributed by atoms with Gasteiger partial charge in [-0.1, -0.05) is 0 Å². The molecule has 0 bridgehead atoms. The van der Waals surface area contributed by atoms with E-state index in [1.165, 1.54) is 18.5 Å². The molecule has 0 aliphatic carbocycles. The molecule has 0 fully saturated rings. The zero-order valence-corrected chi connectivity index (χ0v) is 12.1. The molecule has 0 aromatic carbocycles. The number of nitrogens with one attached hydrogen (secondary N) is 1. The standard InChI is InChI=1S/C11H12N4O3S2/c1-7(9-2-3-10(19-9)20(12,17)18)15-11(16)8-4-5-13-14-6-8/h2-7H,1H3,(H,15,16)(H2,12,17,18). The Morgan fingerprint density at radius 2 is 2.10 bits per heavy atom. The van der Waals surface area contributed by atoms with Gasteiger partial charge >= 0.3 is 0 Å². The van der Waals surface area contributed by atoms with Gasteiger partial charge in [-0.05, 0) is 25.1 Å². The number of nitrogens with two attached hydrogens (primary N) is 1. The van der Waals surface area contributed by atoms with Gasteiger partial charge < -0.3 is 5.32 Å². The zero-order valence-electron chi connectivity index (χ0n) is 10.5. The maximum atomic E-state index is 11.9. The van der Waals surface area contributed by atoms with E-state index in [2.05, 4.69) is 15.5 Å². The first-order valence-corrected chi connectivity index (χ1v) is 7.94. The largest absolute Gasteiger partial charge is 0.345 e. The second-order valence-corrected chi connectivity index (χ2v) is 6.93. The topological polar surface area (TPSA) is 115 Å². The molecule has 106 valence electrons. The van der Waals surface area contributed by atoms with Crippen molar-refractivity contribution in [2.75, 3.05) is 0 Å². The lowest BCUT2D eigenvalue weighted by atomic mass is 10.2. The van der Waals surface area contributed by atoms with Crippen molar-refractivity contribution in [1.82, 2.24) is 15.5 Å². The van der Waals surface area contributed by atoms with Crippen molar-refractivity contribution in [2.24, 2.45) is 5.14 Å². The molecular weight excluding hydrogens is 300 g/mol. The van der Waals surface area contributed by atoms with Crippen LogP contribution in [0, 0.1) is 0 Å². The smallest absolute Gasteiger partial charge is 0.253 e. The van der Waals surface area contributed by atoms with E-state index in [1.54, 1.807) is 19.1 Å². The van der Waals surface area contributed by atoms with Crippen molar-refractivity contribution >= 4 is 27.3 Å². The van der Waals surface area contributed by atoms with E-state index >= 15 is 0 Å². The molecule has 1 atom stereocenters. The van der Waals surface area contributed by atoms with Gasteiger partial charge in [-0.3, -0.25) is 4.79 Å². The van der Waals surface area contributed by atoms with Crippen molar-refractivity contribution in [1.29, 1.82) is 0 Å². The van der Waals surface area contributed by atoms with Gasteiger partial charge in [-0.15, -0.1) is 11.3 Å². The minimum Gasteiger partial charge on any atom is -0.345 e. The number of sulfonamides is 1. The number of rotatable bonds is 4. The predicted molar refractivity (Wildman–Crippen MR) is 73.6 cm³/mol. The second kappa shape index (κ2) is 5.65. The summed E-state index contributed by atoms with van der Waals surface area (Å²) in [5, 5.41) is 15.0. The average Bonchev–Trinajstić information content (AvgIpc) is 2.89. The Kier molecular flexibility index (Phi) is 4.12. The number of thiophene rings is 1. The van der Waals surface area contributed by atoms with Crippen molar-refractivity contribution in [3.8, 4) is 0 Å². The quantitative estimate of drug-likeness (QED) is 0.861. The zero-order chi connectivity index (χ0) is 14.8. The Labute approximate surface area is 119 Å². The van der Waals surface area contributed by atoms with Crippen LogP contribution in [0.5, 0.6) is 0 Å². The lowest BCUT2D eigenvalue weighted by molar-refractivity contribution is 0.0940. The van der Waals surface area contributed by atoms with E-state index in [1.807, 2.05) is 0 Å². The van der Waals surface area contributed by atoms with Crippen molar-refractivity contribution in [3.63, 3.8) is 0 Å². The molecule has 1 unspecified atom stereocenters. The highest BCUT2D eigenvalue weighted by molar-refractivity contribution is 7.91. The molecule has 0 spiro atoms. The first-order chi connectivity index (χ1) is 9.38. The maximum Gasteiger partial charge on any atom is 0.253 e. The minimum atomic E-state index is -3.71. The van der Waals surface area contributed by atoms with Crippen LogP contribution < -0.4 is 10.5 Å². The van der Waals surface area contributed by atoms with Gasteiger partial charge in [0, 0.05) is 4.88 Å². The Balaban J connectivity index is 2.11. The van der Waals surface area contributed by atoms with Crippen LogP contribution in [0.4, 0.5) is 0 Å². The summed E-state index contributed by atoms with van der Waals surface area (Å²) in [6.07, 6.45) is 2.77. The molecule has 20 heavy (non-hydrogen) atoms. The molecule has 0 aliphatic heterocycles. The molecule has 7 nitrogen and oxygen atoms in total. The monoisotopic (exact) mass is 312 g/mol. The molecule has 2 aromatic rings. The van der Waals surface area contributed by atoms with Crippen LogP contribution in [0.15, 0.2) is 34.8 Å². The van der Waals surface area contributed by atoms with E-state index in [4.69, 9.17) is 5.14 Å². The summed E-state index contributed by atoms with van der Waals surface area (Å²) in [6.45, 7) is 1.76. The average molecular weight is 312 g/mol. The second-order valence-electron chi connectivity index (χ2n) is 4.03. The normalized spacial score (nSPS) is 12.9. The third-order valence-electron chi connectivity index (χ3n) is 2.50. The lowest BCUT2D eigenvalue weighted by Gasteiger charge is -2.11. The fourth-order valence-electron chi connectivity index (χ4n) is 1.50. The van der Waals surface area contributed by atoms with Crippen LogP contribution in [-0.4, -0.2) is 24.5 Å². The summed E-state index contributed by atoms with van der Waals surface area (Å²) in [6, 6.07) is 4.25. The van der Waals surface area contributed by atoms with Crippen LogP contribution in [0.3, 0.4) is 0 Å². The molecule has 2 heterocycles. The van der Waals surface area contributed by atoms with E-state index in [9.17, 15) is 13.2 Å². The number of hydrogen-bond donors (Lipinski definition) is 2. The number of amides is 1. The summed E-state index contributed by atoms with van der Waals surface area (Å²) in [5.74, 6) is -0.307. The highest BCUT2D eigenvalue weighted by Gasteiger charge is 2.17. The molecule has 1 amide bonds. The van der Waals surface area contributed by atoms with Crippen LogP contribution in [0.2, 0.25) is 0 Å². The molecule has 2 rings (SSSR count). The summed E-state index contributed by atoms with van der Waals surface area (Å²) >= 11 is 1.03. The summed E-state index contributed by atoms with van der Waals surface area (Å²) in [7, 11) is -3.71. The van der Waals surface area contributed by atoms with Gasteiger partial charge in [0.2, 0.25) is 10.0 Å². The third-order valence-corrected chi connectivity index (χ3v) is 5.21. The number of hydrogen-bond acceptors (Lipinski definition) is 6. The number of aromatic nitrogens is 2. The third kappa shape index (κ3) is 3.38. The van der Waals surface area contributed by atoms with Gasteiger partial charge in [-0.25, -0.2) is 13.6 Å². The maximum absolute atomic E-state index is 11.9. The number of carbonyl (C=O) groups excluding carboxylic acids is 1. The van der Waals surface area contributed by atoms with Crippen molar-refractivity contribution in [2.45, 2.75) is 17.2 Å². The molecule has 3 N–H and O–H groups in total. The fourth-order valence-corrected chi connectivity index (χ4v) is 3.25.